The molecule has 1 aliphatic heterocycles. The summed E-state index contributed by atoms with van der Waals surface area (Å²) < 4.78 is 24.6. The lowest BCUT2D eigenvalue weighted by atomic mass is 9.98. The first-order chi connectivity index (χ1) is 12.4. The molecule has 2 aromatic carbocycles. The number of nitrogens with one attached hydrogen (secondary N) is 1. The van der Waals surface area contributed by atoms with Gasteiger partial charge in [-0.1, -0.05) is 42.5 Å². The van der Waals surface area contributed by atoms with E-state index < -0.39 is 10.0 Å². The van der Waals surface area contributed by atoms with Gasteiger partial charge in [0.1, 0.15) is 0 Å². The van der Waals surface area contributed by atoms with Crippen LogP contribution in [-0.4, -0.2) is 44.5 Å². The fourth-order valence-electron chi connectivity index (χ4n) is 3.23. The summed E-state index contributed by atoms with van der Waals surface area (Å²) >= 11 is 0. The van der Waals surface area contributed by atoms with E-state index in [9.17, 15) is 13.2 Å². The molecule has 1 N–H and O–H groups in total. The van der Waals surface area contributed by atoms with Crippen LogP contribution in [0.1, 0.15) is 23.2 Å². The van der Waals surface area contributed by atoms with E-state index in [-0.39, 0.29) is 5.91 Å². The molecule has 3 rings (SSSR count). The van der Waals surface area contributed by atoms with Crippen LogP contribution in [0.2, 0.25) is 0 Å². The third-order valence-electron chi connectivity index (χ3n) is 4.85. The summed E-state index contributed by atoms with van der Waals surface area (Å²) in [5.74, 6) is 0.232. The number of carbonyl (C=O) groups excluding carboxylic acids is 1. The Kier molecular flexibility index (Phi) is 5.74. The molecule has 1 aliphatic rings. The maximum absolute atomic E-state index is 12.3. The SMILES string of the molecule is CS(=O)(=O)N1CCC(CNC(=O)c2ccc(-c3ccccc3)cc2)CC1. The zero-order chi connectivity index (χ0) is 18.6. The Labute approximate surface area is 155 Å². The van der Waals surface area contributed by atoms with Crippen molar-refractivity contribution < 1.29 is 13.2 Å². The van der Waals surface area contributed by atoms with E-state index in [1.165, 1.54) is 10.6 Å². The molecule has 1 heterocycles. The number of sulfonamides is 1. The lowest BCUT2D eigenvalue weighted by molar-refractivity contribution is 0.0941. The molecule has 2 aromatic rings. The minimum atomic E-state index is -3.10. The normalized spacial score (nSPS) is 16.3. The predicted molar refractivity (Wildman–Crippen MR) is 103 cm³/mol. The molecular weight excluding hydrogens is 348 g/mol. The molecule has 138 valence electrons. The molecule has 1 amide bonds. The van der Waals surface area contributed by atoms with Crippen LogP contribution in [0.15, 0.2) is 54.6 Å². The van der Waals surface area contributed by atoms with Gasteiger partial charge in [0.25, 0.3) is 5.91 Å². The van der Waals surface area contributed by atoms with Crippen LogP contribution in [0.5, 0.6) is 0 Å². The van der Waals surface area contributed by atoms with E-state index in [0.29, 0.717) is 31.1 Å². The summed E-state index contributed by atoms with van der Waals surface area (Å²) in [7, 11) is -3.10. The largest absolute Gasteiger partial charge is 0.352 e. The highest BCUT2D eigenvalue weighted by Crippen LogP contribution is 2.20. The van der Waals surface area contributed by atoms with Crippen LogP contribution in [0, 0.1) is 5.92 Å². The van der Waals surface area contributed by atoms with Crippen molar-refractivity contribution in [3.05, 3.63) is 60.2 Å². The van der Waals surface area contributed by atoms with E-state index >= 15 is 0 Å². The van der Waals surface area contributed by atoms with Crippen molar-refractivity contribution in [2.24, 2.45) is 5.92 Å². The van der Waals surface area contributed by atoms with Gasteiger partial charge in [-0.15, -0.1) is 0 Å². The molecule has 0 radical (unpaired) electrons. The number of benzene rings is 2. The smallest absolute Gasteiger partial charge is 0.251 e. The van der Waals surface area contributed by atoms with Crippen LogP contribution >= 0.6 is 0 Å². The highest BCUT2D eigenvalue weighted by Gasteiger charge is 2.25. The molecule has 0 aliphatic carbocycles. The average Bonchev–Trinajstić information content (AvgIpc) is 2.66. The summed E-state index contributed by atoms with van der Waals surface area (Å²) in [6.07, 6.45) is 2.80. The van der Waals surface area contributed by atoms with Crippen molar-refractivity contribution >= 4 is 15.9 Å². The van der Waals surface area contributed by atoms with Crippen molar-refractivity contribution in [3.63, 3.8) is 0 Å². The molecule has 0 bridgehead atoms. The first kappa shape index (κ1) is 18.6. The number of rotatable bonds is 5. The summed E-state index contributed by atoms with van der Waals surface area (Å²) in [6, 6.07) is 17.6. The lowest BCUT2D eigenvalue weighted by Gasteiger charge is -2.30. The van der Waals surface area contributed by atoms with Crippen LogP contribution < -0.4 is 5.32 Å². The second-order valence-corrected chi connectivity index (χ2v) is 8.74. The van der Waals surface area contributed by atoms with Gasteiger partial charge in [0.05, 0.1) is 6.26 Å². The van der Waals surface area contributed by atoms with Crippen molar-refractivity contribution in [2.75, 3.05) is 25.9 Å². The molecule has 6 heteroatoms. The topological polar surface area (TPSA) is 66.5 Å². The third kappa shape index (κ3) is 4.71. The monoisotopic (exact) mass is 372 g/mol. The maximum atomic E-state index is 12.3. The summed E-state index contributed by atoms with van der Waals surface area (Å²) in [5.41, 5.74) is 2.84. The molecule has 0 saturated carbocycles. The number of hydrogen-bond donors (Lipinski definition) is 1. The van der Waals surface area contributed by atoms with Gasteiger partial charge in [-0.25, -0.2) is 12.7 Å². The molecule has 0 unspecified atom stereocenters. The van der Waals surface area contributed by atoms with Crippen LogP contribution in [0.25, 0.3) is 11.1 Å². The molecule has 0 spiro atoms. The van der Waals surface area contributed by atoms with Crippen LogP contribution in [0.3, 0.4) is 0 Å². The van der Waals surface area contributed by atoms with Crippen LogP contribution in [-0.2, 0) is 10.0 Å². The van der Waals surface area contributed by atoms with Gasteiger partial charge in [0.15, 0.2) is 0 Å². The molecular formula is C20H24N2O3S. The Morgan fingerprint density at radius 2 is 1.58 bits per heavy atom. The Hall–Kier alpha value is -2.18. The van der Waals surface area contributed by atoms with E-state index in [1.807, 2.05) is 54.6 Å². The van der Waals surface area contributed by atoms with Gasteiger partial charge in [0.2, 0.25) is 10.0 Å². The Balaban J connectivity index is 1.51. The standard InChI is InChI=1S/C20H24N2O3S/c1-26(24,25)22-13-11-16(12-14-22)15-21-20(23)19-9-7-18(8-10-19)17-5-3-2-4-6-17/h2-10,16H,11-15H2,1H3,(H,21,23). The zero-order valence-corrected chi connectivity index (χ0v) is 15.7. The van der Waals surface area contributed by atoms with E-state index in [2.05, 4.69) is 5.32 Å². The fraction of sp³-hybridized carbons (Fsp3) is 0.350. The molecule has 0 aromatic heterocycles. The third-order valence-corrected chi connectivity index (χ3v) is 6.15. The molecule has 26 heavy (non-hydrogen) atoms. The molecule has 5 nitrogen and oxygen atoms in total. The quantitative estimate of drug-likeness (QED) is 0.878. The van der Waals surface area contributed by atoms with Crippen molar-refractivity contribution in [1.82, 2.24) is 9.62 Å². The first-order valence-corrected chi connectivity index (χ1v) is 10.7. The van der Waals surface area contributed by atoms with Gasteiger partial charge in [-0.3, -0.25) is 4.79 Å². The van der Waals surface area contributed by atoms with Crippen LogP contribution in [0.4, 0.5) is 0 Å². The molecule has 0 atom stereocenters. The Morgan fingerprint density at radius 3 is 2.15 bits per heavy atom. The molecule has 1 fully saturated rings. The highest BCUT2D eigenvalue weighted by atomic mass is 32.2. The lowest BCUT2D eigenvalue weighted by Crippen LogP contribution is -2.41. The maximum Gasteiger partial charge on any atom is 0.251 e. The minimum absolute atomic E-state index is 0.0878. The number of carbonyl (C=O) groups is 1. The van der Waals surface area contributed by atoms with E-state index in [1.54, 1.807) is 0 Å². The minimum Gasteiger partial charge on any atom is -0.352 e. The van der Waals surface area contributed by atoms with E-state index in [0.717, 1.165) is 24.0 Å². The van der Waals surface area contributed by atoms with Gasteiger partial charge in [0, 0.05) is 25.2 Å². The predicted octanol–water partition coefficient (Wildman–Crippen LogP) is 2.76. The van der Waals surface area contributed by atoms with Crippen molar-refractivity contribution in [1.29, 1.82) is 0 Å². The number of piperidine rings is 1. The van der Waals surface area contributed by atoms with Gasteiger partial charge < -0.3 is 5.32 Å². The van der Waals surface area contributed by atoms with Crippen molar-refractivity contribution in [2.45, 2.75) is 12.8 Å². The zero-order valence-electron chi connectivity index (χ0n) is 14.9. The highest BCUT2D eigenvalue weighted by molar-refractivity contribution is 7.88. The second kappa shape index (κ2) is 8.01. The average molecular weight is 372 g/mol. The van der Waals surface area contributed by atoms with E-state index in [4.69, 9.17) is 0 Å². The number of hydrogen-bond acceptors (Lipinski definition) is 3. The van der Waals surface area contributed by atoms with Gasteiger partial charge in [-0.2, -0.15) is 0 Å². The first-order valence-electron chi connectivity index (χ1n) is 8.82. The van der Waals surface area contributed by atoms with Gasteiger partial charge >= 0.3 is 0 Å². The van der Waals surface area contributed by atoms with Gasteiger partial charge in [-0.05, 0) is 42.0 Å². The summed E-state index contributed by atoms with van der Waals surface area (Å²) in [4.78, 5) is 12.3. The number of nitrogens with zero attached hydrogens (tertiary/aromatic N) is 1. The Bertz CT molecular complexity index is 840. The molecule has 1 saturated heterocycles. The van der Waals surface area contributed by atoms with Crippen molar-refractivity contribution in [3.8, 4) is 11.1 Å². The second-order valence-electron chi connectivity index (χ2n) is 6.76. The number of amides is 1. The Morgan fingerprint density at radius 1 is 1.00 bits per heavy atom. The fourth-order valence-corrected chi connectivity index (χ4v) is 4.10. The summed E-state index contributed by atoms with van der Waals surface area (Å²) in [5, 5.41) is 2.97. The summed E-state index contributed by atoms with van der Waals surface area (Å²) in [6.45, 7) is 1.65.